The zero-order valence-electron chi connectivity index (χ0n) is 19.3. The summed E-state index contributed by atoms with van der Waals surface area (Å²) < 4.78 is 0. The smallest absolute Gasteiger partial charge is 0.162 e. The summed E-state index contributed by atoms with van der Waals surface area (Å²) in [5.41, 5.74) is 2.28. The third kappa shape index (κ3) is 6.28. The monoisotopic (exact) mass is 410 g/mol. The van der Waals surface area contributed by atoms with Gasteiger partial charge < -0.3 is 0 Å². The lowest BCUT2D eigenvalue weighted by Gasteiger charge is -2.37. The third-order valence-electron chi connectivity index (χ3n) is 7.84. The van der Waals surface area contributed by atoms with Crippen molar-refractivity contribution in [3.63, 3.8) is 0 Å². The first-order valence-corrected chi connectivity index (χ1v) is 12.8. The Morgan fingerprint density at radius 3 is 2.17 bits per heavy atom. The van der Waals surface area contributed by atoms with Crippen molar-refractivity contribution in [2.75, 3.05) is 0 Å². The molecule has 2 aliphatic rings. The van der Waals surface area contributed by atoms with E-state index in [0.29, 0.717) is 35.7 Å². The van der Waals surface area contributed by atoms with Crippen LogP contribution in [0.2, 0.25) is 0 Å². The van der Waals surface area contributed by atoms with E-state index in [1.165, 1.54) is 50.5 Å². The molecule has 0 amide bonds. The van der Waals surface area contributed by atoms with Gasteiger partial charge in [-0.1, -0.05) is 63.8 Å². The molecule has 0 saturated heterocycles. The van der Waals surface area contributed by atoms with Gasteiger partial charge in [-0.3, -0.25) is 9.59 Å². The van der Waals surface area contributed by atoms with Crippen LogP contribution in [0.5, 0.6) is 0 Å². The quantitative estimate of drug-likeness (QED) is 0.290. The Hall–Kier alpha value is -1.44. The van der Waals surface area contributed by atoms with Crippen molar-refractivity contribution in [3.05, 3.63) is 35.4 Å². The maximum atomic E-state index is 12.5. The Kier molecular flexibility index (Phi) is 9.15. The fourth-order valence-corrected chi connectivity index (χ4v) is 5.88. The second kappa shape index (κ2) is 11.8. The van der Waals surface area contributed by atoms with Gasteiger partial charge in [0, 0.05) is 24.3 Å². The van der Waals surface area contributed by atoms with Crippen LogP contribution in [0.25, 0.3) is 0 Å². The number of hydrogen-bond acceptors (Lipinski definition) is 2. The van der Waals surface area contributed by atoms with Crippen LogP contribution in [0.15, 0.2) is 24.3 Å². The molecule has 2 aliphatic carbocycles. The SMILES string of the molecule is CCCCCCC(=O)c1ccc(C2CCC([C@H]3CC[C@H](CCC)C(=O)C3)CC2)cc1. The molecule has 30 heavy (non-hydrogen) atoms. The number of Topliss-reactive ketones (excluding diaryl/α,β-unsaturated/α-hetero) is 2. The minimum Gasteiger partial charge on any atom is -0.299 e. The standard InChI is InChI=1S/C28H42O2/c1-3-5-6-7-9-27(29)25-16-14-22(15-17-25)21-10-12-23(13-11-21)26-19-18-24(8-4-2)28(30)20-26/h14-17,21,23-24,26H,3-13,18-20H2,1-2H3/t21?,23?,24-,26-/m0/s1. The van der Waals surface area contributed by atoms with E-state index in [2.05, 4.69) is 38.1 Å². The van der Waals surface area contributed by atoms with Crippen molar-refractivity contribution in [2.24, 2.45) is 17.8 Å². The van der Waals surface area contributed by atoms with Crippen LogP contribution in [0.3, 0.4) is 0 Å². The molecule has 2 nitrogen and oxygen atoms in total. The van der Waals surface area contributed by atoms with Gasteiger partial charge >= 0.3 is 0 Å². The maximum absolute atomic E-state index is 12.5. The molecule has 0 unspecified atom stereocenters. The van der Waals surface area contributed by atoms with Crippen LogP contribution >= 0.6 is 0 Å². The number of carbonyl (C=O) groups excluding carboxylic acids is 2. The van der Waals surface area contributed by atoms with E-state index in [1.807, 2.05) is 0 Å². The lowest BCUT2D eigenvalue weighted by Crippen LogP contribution is -2.30. The number of carbonyl (C=O) groups is 2. The number of hydrogen-bond donors (Lipinski definition) is 0. The molecular formula is C28H42O2. The highest BCUT2D eigenvalue weighted by atomic mass is 16.1. The molecule has 0 heterocycles. The van der Waals surface area contributed by atoms with Crippen molar-refractivity contribution in [1.29, 1.82) is 0 Å². The van der Waals surface area contributed by atoms with Crippen molar-refractivity contribution >= 4 is 11.6 Å². The van der Waals surface area contributed by atoms with Crippen LogP contribution in [0, 0.1) is 17.8 Å². The summed E-state index contributed by atoms with van der Waals surface area (Å²) in [6.45, 7) is 4.39. The van der Waals surface area contributed by atoms with E-state index in [9.17, 15) is 9.59 Å². The first-order valence-electron chi connectivity index (χ1n) is 12.8. The summed E-state index contributed by atoms with van der Waals surface area (Å²) in [4.78, 5) is 24.9. The van der Waals surface area contributed by atoms with E-state index in [-0.39, 0.29) is 0 Å². The topological polar surface area (TPSA) is 34.1 Å². The average Bonchev–Trinajstić information content (AvgIpc) is 2.78. The van der Waals surface area contributed by atoms with Crippen LogP contribution in [-0.4, -0.2) is 11.6 Å². The first kappa shape index (κ1) is 23.2. The van der Waals surface area contributed by atoms with E-state index in [1.54, 1.807) is 0 Å². The molecule has 0 spiro atoms. The molecule has 166 valence electrons. The van der Waals surface area contributed by atoms with Gasteiger partial charge in [0.25, 0.3) is 0 Å². The predicted octanol–water partition coefficient (Wildman–Crippen LogP) is 7.90. The molecule has 2 saturated carbocycles. The average molecular weight is 411 g/mol. The highest BCUT2D eigenvalue weighted by molar-refractivity contribution is 5.96. The van der Waals surface area contributed by atoms with Crippen molar-refractivity contribution in [1.82, 2.24) is 0 Å². The molecule has 1 aromatic rings. The van der Waals surface area contributed by atoms with Crippen LogP contribution < -0.4 is 0 Å². The fraction of sp³-hybridized carbons (Fsp3) is 0.714. The molecule has 0 aromatic heterocycles. The summed E-state index contributed by atoms with van der Waals surface area (Å²) in [5, 5.41) is 0. The van der Waals surface area contributed by atoms with E-state index >= 15 is 0 Å². The molecule has 2 atom stereocenters. The summed E-state index contributed by atoms with van der Waals surface area (Å²) in [6.07, 6.45) is 15.8. The zero-order valence-corrected chi connectivity index (χ0v) is 19.3. The number of rotatable bonds is 10. The van der Waals surface area contributed by atoms with E-state index in [4.69, 9.17) is 0 Å². The van der Waals surface area contributed by atoms with Gasteiger partial charge in [0.1, 0.15) is 5.78 Å². The largest absolute Gasteiger partial charge is 0.299 e. The van der Waals surface area contributed by atoms with Gasteiger partial charge in [0.05, 0.1) is 0 Å². The number of unbranched alkanes of at least 4 members (excludes halogenated alkanes) is 3. The normalized spacial score (nSPS) is 27.2. The van der Waals surface area contributed by atoms with Crippen molar-refractivity contribution in [3.8, 4) is 0 Å². The Bertz CT molecular complexity index is 666. The minimum atomic E-state index is 0.296. The molecule has 0 aliphatic heterocycles. The molecule has 1 aromatic carbocycles. The Labute approximate surface area is 184 Å². The van der Waals surface area contributed by atoms with Crippen LogP contribution in [0.4, 0.5) is 0 Å². The summed E-state index contributed by atoms with van der Waals surface area (Å²) in [6, 6.07) is 8.50. The van der Waals surface area contributed by atoms with E-state index in [0.717, 1.165) is 50.0 Å². The van der Waals surface area contributed by atoms with Crippen molar-refractivity contribution < 1.29 is 9.59 Å². The van der Waals surface area contributed by atoms with Gasteiger partial charge in [0.2, 0.25) is 0 Å². The lowest BCUT2D eigenvalue weighted by atomic mass is 9.67. The zero-order chi connectivity index (χ0) is 21.3. The van der Waals surface area contributed by atoms with Gasteiger partial charge in [-0.05, 0) is 74.7 Å². The van der Waals surface area contributed by atoms with Gasteiger partial charge in [-0.25, -0.2) is 0 Å². The lowest BCUT2D eigenvalue weighted by molar-refractivity contribution is -0.127. The van der Waals surface area contributed by atoms with Gasteiger partial charge in [0.15, 0.2) is 5.78 Å². The maximum Gasteiger partial charge on any atom is 0.162 e. The number of benzene rings is 1. The highest BCUT2D eigenvalue weighted by Gasteiger charge is 2.34. The third-order valence-corrected chi connectivity index (χ3v) is 7.84. The molecule has 3 rings (SSSR count). The van der Waals surface area contributed by atoms with Crippen LogP contribution in [-0.2, 0) is 4.79 Å². The summed E-state index contributed by atoms with van der Waals surface area (Å²) >= 11 is 0. The van der Waals surface area contributed by atoms with Crippen molar-refractivity contribution in [2.45, 2.75) is 110 Å². The molecule has 2 heteroatoms. The van der Waals surface area contributed by atoms with Gasteiger partial charge in [-0.15, -0.1) is 0 Å². The molecule has 0 bridgehead atoms. The summed E-state index contributed by atoms with van der Waals surface area (Å²) in [5.74, 6) is 3.21. The second-order valence-corrected chi connectivity index (χ2v) is 9.96. The van der Waals surface area contributed by atoms with E-state index < -0.39 is 0 Å². The summed E-state index contributed by atoms with van der Waals surface area (Å²) in [7, 11) is 0. The Morgan fingerprint density at radius 1 is 0.833 bits per heavy atom. The first-order chi connectivity index (χ1) is 14.6. The predicted molar refractivity (Wildman–Crippen MR) is 125 cm³/mol. The number of ketones is 2. The second-order valence-electron chi connectivity index (χ2n) is 9.96. The molecule has 2 fully saturated rings. The van der Waals surface area contributed by atoms with Gasteiger partial charge in [-0.2, -0.15) is 0 Å². The van der Waals surface area contributed by atoms with Crippen LogP contribution in [0.1, 0.15) is 126 Å². The fourth-order valence-electron chi connectivity index (χ4n) is 5.88. The highest BCUT2D eigenvalue weighted by Crippen LogP contribution is 2.43. The molecular weight excluding hydrogens is 368 g/mol. The minimum absolute atomic E-state index is 0.296. The Balaban J connectivity index is 1.45. The molecule has 0 N–H and O–H groups in total. The molecule has 0 radical (unpaired) electrons. The Morgan fingerprint density at radius 2 is 1.53 bits per heavy atom.